The van der Waals surface area contributed by atoms with E-state index in [1.54, 1.807) is 36.4 Å². The Kier molecular flexibility index (Phi) is 7.37. The molecule has 0 spiro atoms. The number of nitrogens with zero attached hydrogens (tertiary/aromatic N) is 1. The fraction of sp³-hybridized carbons (Fsp3) is 0.409. The van der Waals surface area contributed by atoms with E-state index in [2.05, 4.69) is 5.32 Å². The van der Waals surface area contributed by atoms with Crippen LogP contribution in [0.3, 0.4) is 0 Å². The van der Waals surface area contributed by atoms with Gasteiger partial charge >= 0.3 is 0 Å². The first-order valence-corrected chi connectivity index (χ1v) is 10.0. The molecule has 8 heteroatoms. The largest absolute Gasteiger partial charge is 0.469 e. The second kappa shape index (κ2) is 10.2. The molecule has 2 heterocycles. The first-order chi connectivity index (χ1) is 14.5. The number of Topliss-reactive ketones (excluding diaryl/α,β-unsaturated/α-hetero) is 1. The number of carbonyl (C=O) groups is 3. The Hall–Kier alpha value is -2.97. The van der Waals surface area contributed by atoms with Gasteiger partial charge in [0.1, 0.15) is 17.9 Å². The Morgan fingerprint density at radius 2 is 1.87 bits per heavy atom. The summed E-state index contributed by atoms with van der Waals surface area (Å²) in [7, 11) is 0. The third kappa shape index (κ3) is 5.34. The minimum Gasteiger partial charge on any atom is -0.469 e. The molecule has 0 bridgehead atoms. The summed E-state index contributed by atoms with van der Waals surface area (Å²) >= 11 is 0. The number of benzene rings is 1. The molecule has 3 N–H and O–H groups in total. The standard InChI is InChI=1S/C22H26N2O6/c25-18(12-4-9-16-10-6-14-30-16)19(26)20(27)22(29)24-13-5-11-17(24)21(28)23-15-7-2-1-3-8-15/h1-3,6-8,10,14,17,19-20,26-27H,4-5,9,11-13H2,(H,23,28)/t17-,19+,20-/m1/s1. The lowest BCUT2D eigenvalue weighted by atomic mass is 10.0. The molecule has 1 fully saturated rings. The molecule has 3 rings (SSSR count). The highest BCUT2D eigenvalue weighted by Crippen LogP contribution is 2.21. The number of likely N-dealkylation sites (tertiary alicyclic amines) is 1. The molecule has 0 radical (unpaired) electrons. The summed E-state index contributed by atoms with van der Waals surface area (Å²) in [5.41, 5.74) is 0.606. The average Bonchev–Trinajstić information content (AvgIpc) is 3.45. The summed E-state index contributed by atoms with van der Waals surface area (Å²) in [5, 5.41) is 23.2. The number of amides is 2. The maximum Gasteiger partial charge on any atom is 0.255 e. The molecule has 3 atom stereocenters. The summed E-state index contributed by atoms with van der Waals surface area (Å²) < 4.78 is 5.18. The SMILES string of the molecule is O=C(Nc1ccccc1)[C@H]1CCCN1C(=O)[C@H](O)[C@@H](O)C(=O)CCCc1ccco1. The molecule has 1 aromatic heterocycles. The highest BCUT2D eigenvalue weighted by molar-refractivity contribution is 5.99. The number of hydrogen-bond acceptors (Lipinski definition) is 6. The van der Waals surface area contributed by atoms with E-state index in [1.165, 1.54) is 11.2 Å². The number of carbonyl (C=O) groups excluding carboxylic acids is 3. The van der Waals surface area contributed by atoms with E-state index < -0.39 is 29.9 Å². The predicted octanol–water partition coefficient (Wildman–Crippen LogP) is 1.52. The van der Waals surface area contributed by atoms with Gasteiger partial charge in [0, 0.05) is 25.1 Å². The molecule has 1 aliphatic heterocycles. The smallest absolute Gasteiger partial charge is 0.255 e. The van der Waals surface area contributed by atoms with Crippen molar-refractivity contribution in [2.45, 2.75) is 50.4 Å². The molecule has 2 aromatic rings. The van der Waals surface area contributed by atoms with Gasteiger partial charge in [-0.1, -0.05) is 18.2 Å². The third-order valence-electron chi connectivity index (χ3n) is 5.19. The van der Waals surface area contributed by atoms with Gasteiger partial charge in [0.15, 0.2) is 11.9 Å². The summed E-state index contributed by atoms with van der Waals surface area (Å²) in [6.45, 7) is 0.280. The van der Waals surface area contributed by atoms with E-state index in [1.807, 2.05) is 6.07 Å². The molecule has 160 valence electrons. The lowest BCUT2D eigenvalue weighted by Gasteiger charge is -2.27. The number of rotatable bonds is 9. The van der Waals surface area contributed by atoms with Crippen molar-refractivity contribution in [3.05, 3.63) is 54.5 Å². The molecule has 30 heavy (non-hydrogen) atoms. The van der Waals surface area contributed by atoms with Crippen LogP contribution in [0.1, 0.15) is 31.4 Å². The molecule has 2 amide bonds. The second-order valence-corrected chi connectivity index (χ2v) is 7.33. The van der Waals surface area contributed by atoms with Gasteiger partial charge in [-0.25, -0.2) is 0 Å². The van der Waals surface area contributed by atoms with E-state index in [4.69, 9.17) is 4.42 Å². The first-order valence-electron chi connectivity index (χ1n) is 10.0. The van der Waals surface area contributed by atoms with Crippen molar-refractivity contribution in [3.8, 4) is 0 Å². The third-order valence-corrected chi connectivity index (χ3v) is 5.19. The van der Waals surface area contributed by atoms with Crippen molar-refractivity contribution < 1.29 is 29.0 Å². The van der Waals surface area contributed by atoms with Gasteiger partial charge in [-0.05, 0) is 43.5 Å². The maximum atomic E-state index is 12.7. The van der Waals surface area contributed by atoms with Crippen LogP contribution < -0.4 is 5.32 Å². The molecule has 1 aliphatic rings. The van der Waals surface area contributed by atoms with Crippen molar-refractivity contribution in [2.75, 3.05) is 11.9 Å². The lowest BCUT2D eigenvalue weighted by Crippen LogP contribution is -2.51. The van der Waals surface area contributed by atoms with Crippen LogP contribution in [0.5, 0.6) is 0 Å². The van der Waals surface area contributed by atoms with Gasteiger partial charge < -0.3 is 24.8 Å². The second-order valence-electron chi connectivity index (χ2n) is 7.33. The van der Waals surface area contributed by atoms with Gasteiger partial charge in [0.25, 0.3) is 5.91 Å². The van der Waals surface area contributed by atoms with Gasteiger partial charge in [-0.3, -0.25) is 14.4 Å². The van der Waals surface area contributed by atoms with Crippen LogP contribution in [0.2, 0.25) is 0 Å². The zero-order chi connectivity index (χ0) is 21.5. The topological polar surface area (TPSA) is 120 Å². The fourth-order valence-corrected chi connectivity index (χ4v) is 3.57. The quantitative estimate of drug-likeness (QED) is 0.572. The van der Waals surface area contributed by atoms with E-state index in [0.717, 1.165) is 5.76 Å². The summed E-state index contributed by atoms with van der Waals surface area (Å²) in [6, 6.07) is 11.6. The number of furan rings is 1. The number of aliphatic hydroxyl groups is 2. The van der Waals surface area contributed by atoms with Crippen molar-refractivity contribution in [1.82, 2.24) is 4.90 Å². The van der Waals surface area contributed by atoms with E-state index in [9.17, 15) is 24.6 Å². The highest BCUT2D eigenvalue weighted by atomic mass is 16.3. The molecule has 0 saturated carbocycles. The average molecular weight is 414 g/mol. The fourth-order valence-electron chi connectivity index (χ4n) is 3.57. The number of hydrogen-bond donors (Lipinski definition) is 3. The maximum absolute atomic E-state index is 12.7. The molecule has 1 saturated heterocycles. The van der Waals surface area contributed by atoms with Crippen LogP contribution in [0, 0.1) is 0 Å². The lowest BCUT2D eigenvalue weighted by molar-refractivity contribution is -0.154. The molecule has 0 unspecified atom stereocenters. The highest BCUT2D eigenvalue weighted by Gasteiger charge is 2.40. The van der Waals surface area contributed by atoms with Gasteiger partial charge in [0.05, 0.1) is 6.26 Å². The summed E-state index contributed by atoms with van der Waals surface area (Å²) in [6.07, 6.45) is -0.194. The molecular weight excluding hydrogens is 388 g/mol. The number of ketones is 1. The first kappa shape index (κ1) is 21.7. The van der Waals surface area contributed by atoms with Crippen LogP contribution >= 0.6 is 0 Å². The zero-order valence-corrected chi connectivity index (χ0v) is 16.6. The minimum atomic E-state index is -1.90. The normalized spacial score (nSPS) is 18.1. The van der Waals surface area contributed by atoms with Gasteiger partial charge in [-0.15, -0.1) is 0 Å². The zero-order valence-electron chi connectivity index (χ0n) is 16.6. The number of aliphatic hydroxyl groups excluding tert-OH is 2. The van der Waals surface area contributed by atoms with Crippen LogP contribution in [0.25, 0.3) is 0 Å². The predicted molar refractivity (Wildman–Crippen MR) is 108 cm³/mol. The molecule has 8 nitrogen and oxygen atoms in total. The Bertz CT molecular complexity index is 852. The number of para-hydroxylation sites is 1. The Balaban J connectivity index is 1.53. The Morgan fingerprint density at radius 3 is 2.57 bits per heavy atom. The van der Waals surface area contributed by atoms with Crippen molar-refractivity contribution in [3.63, 3.8) is 0 Å². The number of nitrogens with one attached hydrogen (secondary N) is 1. The van der Waals surface area contributed by atoms with Crippen LogP contribution in [0.15, 0.2) is 53.1 Å². The van der Waals surface area contributed by atoms with Crippen molar-refractivity contribution >= 4 is 23.3 Å². The summed E-state index contributed by atoms with van der Waals surface area (Å²) in [4.78, 5) is 38.7. The van der Waals surface area contributed by atoms with Crippen LogP contribution in [-0.2, 0) is 20.8 Å². The van der Waals surface area contributed by atoms with Crippen LogP contribution in [-0.4, -0.2) is 57.5 Å². The molecular formula is C22H26N2O6. The van der Waals surface area contributed by atoms with E-state index in [-0.39, 0.29) is 18.9 Å². The Labute approximate surface area is 174 Å². The minimum absolute atomic E-state index is 0.00410. The molecule has 0 aliphatic carbocycles. The van der Waals surface area contributed by atoms with Crippen LogP contribution in [0.4, 0.5) is 5.69 Å². The van der Waals surface area contributed by atoms with E-state index in [0.29, 0.717) is 31.4 Å². The van der Waals surface area contributed by atoms with Crippen molar-refractivity contribution in [2.24, 2.45) is 0 Å². The monoisotopic (exact) mass is 414 g/mol. The number of anilines is 1. The van der Waals surface area contributed by atoms with Gasteiger partial charge in [0.2, 0.25) is 5.91 Å². The Morgan fingerprint density at radius 1 is 1.10 bits per heavy atom. The van der Waals surface area contributed by atoms with Gasteiger partial charge in [-0.2, -0.15) is 0 Å². The number of aryl methyl sites for hydroxylation is 1. The molecule has 1 aromatic carbocycles. The van der Waals surface area contributed by atoms with E-state index >= 15 is 0 Å². The summed E-state index contributed by atoms with van der Waals surface area (Å²) in [5.74, 6) is -1.07. The van der Waals surface area contributed by atoms with Crippen molar-refractivity contribution in [1.29, 1.82) is 0 Å².